The van der Waals surface area contributed by atoms with Gasteiger partial charge in [0.25, 0.3) is 0 Å². The van der Waals surface area contributed by atoms with Crippen molar-refractivity contribution >= 4 is 23.4 Å². The molecule has 19 heavy (non-hydrogen) atoms. The maximum absolute atomic E-state index is 6.56. The van der Waals surface area contributed by atoms with E-state index in [0.29, 0.717) is 11.8 Å². The summed E-state index contributed by atoms with van der Waals surface area (Å²) in [6, 6.07) is 6.88. The largest absolute Gasteiger partial charge is 0.317 e. The Morgan fingerprint density at radius 3 is 2.42 bits per heavy atom. The predicted molar refractivity (Wildman–Crippen MR) is 85.6 cm³/mol. The van der Waals surface area contributed by atoms with Crippen LogP contribution in [0.4, 0.5) is 0 Å². The van der Waals surface area contributed by atoms with Gasteiger partial charge in [-0.1, -0.05) is 23.7 Å². The molecule has 0 bridgehead atoms. The van der Waals surface area contributed by atoms with Crippen LogP contribution in [0, 0.1) is 0 Å². The third kappa shape index (κ3) is 3.29. The van der Waals surface area contributed by atoms with Crippen LogP contribution in [-0.2, 0) is 0 Å². The smallest absolute Gasteiger partial charge is 0.0443 e. The van der Waals surface area contributed by atoms with E-state index in [1.54, 1.807) is 0 Å². The van der Waals surface area contributed by atoms with Crippen molar-refractivity contribution in [3.8, 4) is 0 Å². The van der Waals surface area contributed by atoms with Crippen LogP contribution in [0.5, 0.6) is 0 Å². The van der Waals surface area contributed by atoms with Gasteiger partial charge in [-0.3, -0.25) is 0 Å². The molecule has 3 heteroatoms. The predicted octanol–water partition coefficient (Wildman–Crippen LogP) is 4.42. The highest BCUT2D eigenvalue weighted by Gasteiger charge is 2.20. The lowest BCUT2D eigenvalue weighted by molar-refractivity contribution is 0.460. The third-order valence-electron chi connectivity index (χ3n) is 4.50. The van der Waals surface area contributed by atoms with Crippen LogP contribution in [-0.4, -0.2) is 24.6 Å². The van der Waals surface area contributed by atoms with Crippen LogP contribution >= 0.6 is 23.4 Å². The van der Waals surface area contributed by atoms with E-state index in [9.17, 15) is 0 Å². The second kappa shape index (κ2) is 6.51. The quantitative estimate of drug-likeness (QED) is 0.867. The first-order valence-corrected chi connectivity index (χ1v) is 8.95. The molecule has 104 valence electrons. The topological polar surface area (TPSA) is 12.0 Å². The van der Waals surface area contributed by atoms with E-state index in [1.165, 1.54) is 48.3 Å². The van der Waals surface area contributed by atoms with Crippen molar-refractivity contribution in [2.75, 3.05) is 24.6 Å². The molecule has 2 heterocycles. The van der Waals surface area contributed by atoms with E-state index in [2.05, 4.69) is 35.3 Å². The number of piperidine rings is 1. The zero-order valence-electron chi connectivity index (χ0n) is 11.3. The summed E-state index contributed by atoms with van der Waals surface area (Å²) in [7, 11) is 0. The first-order valence-electron chi connectivity index (χ1n) is 7.42. The van der Waals surface area contributed by atoms with Gasteiger partial charge >= 0.3 is 0 Å². The van der Waals surface area contributed by atoms with Crippen molar-refractivity contribution in [2.45, 2.75) is 37.5 Å². The Balaban J connectivity index is 1.76. The number of hydrogen-bond acceptors (Lipinski definition) is 2. The number of rotatable bonds is 2. The zero-order chi connectivity index (χ0) is 13.1. The van der Waals surface area contributed by atoms with Crippen LogP contribution in [0.2, 0.25) is 5.02 Å². The fourth-order valence-electron chi connectivity index (χ4n) is 3.29. The summed E-state index contributed by atoms with van der Waals surface area (Å²) in [4.78, 5) is 0. The molecule has 0 saturated carbocycles. The van der Waals surface area contributed by atoms with Gasteiger partial charge in [0.15, 0.2) is 0 Å². The second-order valence-electron chi connectivity index (χ2n) is 5.69. The van der Waals surface area contributed by atoms with Gasteiger partial charge in [-0.15, -0.1) is 0 Å². The molecule has 0 spiro atoms. The number of thioether (sulfide) groups is 1. The van der Waals surface area contributed by atoms with Crippen molar-refractivity contribution in [3.63, 3.8) is 0 Å². The van der Waals surface area contributed by atoms with Gasteiger partial charge in [-0.2, -0.15) is 11.8 Å². The highest BCUT2D eigenvalue weighted by atomic mass is 35.5. The Bertz CT molecular complexity index is 423. The Morgan fingerprint density at radius 1 is 1.00 bits per heavy atom. The van der Waals surface area contributed by atoms with Crippen molar-refractivity contribution in [3.05, 3.63) is 34.3 Å². The maximum Gasteiger partial charge on any atom is 0.0443 e. The van der Waals surface area contributed by atoms with Crippen molar-refractivity contribution < 1.29 is 0 Å². The van der Waals surface area contributed by atoms with Gasteiger partial charge < -0.3 is 5.32 Å². The Labute approximate surface area is 125 Å². The Kier molecular flexibility index (Phi) is 4.73. The standard InChI is InChI=1S/C16H22ClNS/c17-16-11-14(12-3-7-18-8-4-12)1-2-15(16)13-5-9-19-10-6-13/h1-2,11-13,18H,3-10H2. The fourth-order valence-corrected chi connectivity index (χ4v) is 4.74. The number of benzene rings is 1. The SMILES string of the molecule is Clc1cc(C2CCNCC2)ccc1C1CCSCC1. The first kappa shape index (κ1) is 13.8. The lowest BCUT2D eigenvalue weighted by Crippen LogP contribution is -2.26. The molecule has 0 amide bonds. The molecule has 2 aliphatic rings. The molecule has 1 N–H and O–H groups in total. The maximum atomic E-state index is 6.56. The molecule has 1 aromatic carbocycles. The highest BCUT2D eigenvalue weighted by Crippen LogP contribution is 2.37. The summed E-state index contributed by atoms with van der Waals surface area (Å²) in [5, 5.41) is 4.43. The average molecular weight is 296 g/mol. The molecule has 2 aliphatic heterocycles. The third-order valence-corrected chi connectivity index (χ3v) is 5.87. The number of nitrogens with one attached hydrogen (secondary N) is 1. The molecule has 1 aromatic rings. The molecular weight excluding hydrogens is 274 g/mol. The highest BCUT2D eigenvalue weighted by molar-refractivity contribution is 7.99. The van der Waals surface area contributed by atoms with Crippen LogP contribution in [0.15, 0.2) is 18.2 Å². The molecule has 2 saturated heterocycles. The van der Waals surface area contributed by atoms with Gasteiger partial charge in [0.1, 0.15) is 0 Å². The minimum atomic E-state index is 0.691. The van der Waals surface area contributed by atoms with Gasteiger partial charge in [-0.25, -0.2) is 0 Å². The Morgan fingerprint density at radius 2 is 1.74 bits per heavy atom. The molecule has 2 fully saturated rings. The number of hydrogen-bond donors (Lipinski definition) is 1. The molecule has 0 aromatic heterocycles. The Hall–Kier alpha value is -0.180. The minimum absolute atomic E-state index is 0.691. The number of halogens is 1. The lowest BCUT2D eigenvalue weighted by atomic mass is 9.87. The minimum Gasteiger partial charge on any atom is -0.317 e. The normalized spacial score (nSPS) is 22.6. The van der Waals surface area contributed by atoms with Gasteiger partial charge in [0.05, 0.1) is 0 Å². The zero-order valence-corrected chi connectivity index (χ0v) is 12.9. The van der Waals surface area contributed by atoms with Crippen molar-refractivity contribution in [1.82, 2.24) is 5.32 Å². The van der Waals surface area contributed by atoms with E-state index >= 15 is 0 Å². The summed E-state index contributed by atoms with van der Waals surface area (Å²) in [5.41, 5.74) is 2.83. The van der Waals surface area contributed by atoms with Crippen molar-refractivity contribution in [1.29, 1.82) is 0 Å². The van der Waals surface area contributed by atoms with E-state index in [1.807, 2.05) is 0 Å². The molecule has 1 nitrogen and oxygen atoms in total. The first-order chi connectivity index (χ1) is 9.34. The summed E-state index contributed by atoms with van der Waals surface area (Å²) in [5.74, 6) is 3.97. The van der Waals surface area contributed by atoms with Gasteiger partial charge in [-0.05, 0) is 79.3 Å². The van der Waals surface area contributed by atoms with Crippen LogP contribution in [0.25, 0.3) is 0 Å². The summed E-state index contributed by atoms with van der Waals surface area (Å²) in [6.45, 7) is 2.29. The summed E-state index contributed by atoms with van der Waals surface area (Å²) in [6.07, 6.45) is 5.07. The van der Waals surface area contributed by atoms with E-state index < -0.39 is 0 Å². The van der Waals surface area contributed by atoms with Crippen LogP contribution in [0.3, 0.4) is 0 Å². The molecule has 0 aliphatic carbocycles. The van der Waals surface area contributed by atoms with E-state index in [0.717, 1.165) is 18.1 Å². The van der Waals surface area contributed by atoms with E-state index in [4.69, 9.17) is 11.6 Å². The fraction of sp³-hybridized carbons (Fsp3) is 0.625. The van der Waals surface area contributed by atoms with Gasteiger partial charge in [0, 0.05) is 5.02 Å². The van der Waals surface area contributed by atoms with Gasteiger partial charge in [0.2, 0.25) is 0 Å². The monoisotopic (exact) mass is 295 g/mol. The lowest BCUT2D eigenvalue weighted by Gasteiger charge is -2.26. The van der Waals surface area contributed by atoms with E-state index in [-0.39, 0.29) is 0 Å². The second-order valence-corrected chi connectivity index (χ2v) is 7.32. The van der Waals surface area contributed by atoms with Crippen LogP contribution < -0.4 is 5.32 Å². The van der Waals surface area contributed by atoms with Crippen molar-refractivity contribution in [2.24, 2.45) is 0 Å². The van der Waals surface area contributed by atoms with Crippen LogP contribution in [0.1, 0.15) is 48.6 Å². The summed E-state index contributed by atoms with van der Waals surface area (Å²) >= 11 is 8.63. The molecular formula is C16H22ClNS. The molecule has 0 atom stereocenters. The molecule has 0 radical (unpaired) electrons. The molecule has 3 rings (SSSR count). The summed E-state index contributed by atoms with van der Waals surface area (Å²) < 4.78 is 0. The average Bonchev–Trinajstić information content (AvgIpc) is 2.49. The molecule has 0 unspecified atom stereocenters.